The van der Waals surface area contributed by atoms with Crippen molar-refractivity contribution >= 4 is 23.3 Å². The summed E-state index contributed by atoms with van der Waals surface area (Å²) in [5.74, 6) is -2.38. The second-order valence-corrected chi connectivity index (χ2v) is 3.41. The topological polar surface area (TPSA) is 133 Å². The van der Waals surface area contributed by atoms with Crippen molar-refractivity contribution in [3.05, 3.63) is 32.9 Å². The summed E-state index contributed by atoms with van der Waals surface area (Å²) in [6, 6.07) is 0.747. The highest BCUT2D eigenvalue weighted by Gasteiger charge is 2.27. The van der Waals surface area contributed by atoms with Crippen LogP contribution in [0.15, 0.2) is 6.07 Å². The Labute approximate surface area is 101 Å². The normalized spacial score (nSPS) is 9.89. The maximum atomic E-state index is 11.5. The van der Waals surface area contributed by atoms with Gasteiger partial charge in [0.25, 0.3) is 5.69 Å². The molecule has 1 aromatic rings. The highest BCUT2D eigenvalue weighted by molar-refractivity contribution is 6.05. The fraction of sp³-hybridized carbons (Fsp3) is 0.200. The molecule has 0 saturated heterocycles. The summed E-state index contributed by atoms with van der Waals surface area (Å²) < 4.78 is 4.44. The van der Waals surface area contributed by atoms with Crippen molar-refractivity contribution in [1.82, 2.24) is 0 Å². The van der Waals surface area contributed by atoms with Crippen LogP contribution in [0.4, 0.5) is 11.4 Å². The number of nitro groups is 1. The van der Waals surface area contributed by atoms with E-state index in [0.717, 1.165) is 13.2 Å². The fourth-order valence-corrected chi connectivity index (χ4v) is 1.50. The number of ether oxygens (including phenoxy) is 1. The summed E-state index contributed by atoms with van der Waals surface area (Å²) >= 11 is 0. The van der Waals surface area contributed by atoms with Crippen LogP contribution in [0.3, 0.4) is 0 Å². The highest BCUT2D eigenvalue weighted by Crippen LogP contribution is 2.31. The lowest BCUT2D eigenvalue weighted by molar-refractivity contribution is -0.384. The van der Waals surface area contributed by atoms with Gasteiger partial charge >= 0.3 is 11.9 Å². The number of methoxy groups -OCH3 is 1. The van der Waals surface area contributed by atoms with Crippen LogP contribution in [0, 0.1) is 17.0 Å². The molecule has 0 saturated carbocycles. The number of nitrogens with two attached hydrogens (primary N) is 1. The minimum atomic E-state index is -1.47. The summed E-state index contributed by atoms with van der Waals surface area (Å²) in [5, 5.41) is 19.7. The number of carboxylic acids is 1. The molecular weight excluding hydrogens is 244 g/mol. The molecule has 0 aliphatic carbocycles. The first kappa shape index (κ1) is 13.4. The second-order valence-electron chi connectivity index (χ2n) is 3.41. The molecule has 0 fully saturated rings. The van der Waals surface area contributed by atoms with Crippen molar-refractivity contribution < 1.29 is 24.4 Å². The van der Waals surface area contributed by atoms with Gasteiger partial charge in [0.15, 0.2) is 0 Å². The Balaban J connectivity index is 3.71. The van der Waals surface area contributed by atoms with E-state index in [1.807, 2.05) is 0 Å². The SMILES string of the molecule is COC(=O)c1c(C(=O)O)cc([N+](=O)[O-])c(N)c1C. The van der Waals surface area contributed by atoms with E-state index in [9.17, 15) is 19.7 Å². The monoisotopic (exact) mass is 254 g/mol. The Morgan fingerprint density at radius 2 is 2.06 bits per heavy atom. The zero-order valence-corrected chi connectivity index (χ0v) is 9.59. The van der Waals surface area contributed by atoms with Gasteiger partial charge < -0.3 is 15.6 Å². The molecule has 0 aromatic heterocycles. The number of nitrogen functional groups attached to an aromatic ring is 1. The van der Waals surface area contributed by atoms with Crippen LogP contribution in [-0.4, -0.2) is 29.1 Å². The molecule has 96 valence electrons. The number of anilines is 1. The lowest BCUT2D eigenvalue weighted by Gasteiger charge is -2.10. The molecule has 8 heteroatoms. The van der Waals surface area contributed by atoms with Gasteiger partial charge in [0, 0.05) is 6.07 Å². The molecular formula is C10H10N2O6. The Morgan fingerprint density at radius 1 is 1.50 bits per heavy atom. The summed E-state index contributed by atoms with van der Waals surface area (Å²) in [4.78, 5) is 32.4. The van der Waals surface area contributed by atoms with E-state index >= 15 is 0 Å². The van der Waals surface area contributed by atoms with E-state index in [4.69, 9.17) is 10.8 Å². The third-order valence-electron chi connectivity index (χ3n) is 2.42. The molecule has 0 spiro atoms. The predicted molar refractivity (Wildman–Crippen MR) is 60.5 cm³/mol. The molecule has 18 heavy (non-hydrogen) atoms. The second kappa shape index (κ2) is 4.70. The van der Waals surface area contributed by atoms with Gasteiger partial charge in [0.05, 0.1) is 23.2 Å². The van der Waals surface area contributed by atoms with Gasteiger partial charge in [0.2, 0.25) is 0 Å². The molecule has 0 radical (unpaired) electrons. The molecule has 8 nitrogen and oxygen atoms in total. The standard InChI is InChI=1S/C10H10N2O6/c1-4-7(10(15)18-2)5(9(13)14)3-6(8(4)11)12(16)17/h3H,11H2,1-2H3,(H,13,14). The summed E-state index contributed by atoms with van der Waals surface area (Å²) in [5.41, 5.74) is 3.90. The number of benzene rings is 1. The van der Waals surface area contributed by atoms with Crippen LogP contribution in [0.2, 0.25) is 0 Å². The Bertz CT molecular complexity index is 552. The molecule has 1 rings (SSSR count). The number of carboxylic acid groups (broad SMARTS) is 1. The first-order valence-corrected chi connectivity index (χ1v) is 4.70. The summed E-state index contributed by atoms with van der Waals surface area (Å²) in [7, 11) is 1.07. The van der Waals surface area contributed by atoms with Gasteiger partial charge in [-0.2, -0.15) is 0 Å². The van der Waals surface area contributed by atoms with Gasteiger partial charge in [-0.25, -0.2) is 9.59 Å². The lowest BCUT2D eigenvalue weighted by atomic mass is 9.99. The number of rotatable bonds is 3. The fourth-order valence-electron chi connectivity index (χ4n) is 1.50. The highest BCUT2D eigenvalue weighted by atomic mass is 16.6. The number of hydrogen-bond acceptors (Lipinski definition) is 6. The first-order chi connectivity index (χ1) is 8.31. The molecule has 0 heterocycles. The third-order valence-corrected chi connectivity index (χ3v) is 2.42. The molecule has 3 N–H and O–H groups in total. The minimum Gasteiger partial charge on any atom is -0.478 e. The van der Waals surface area contributed by atoms with E-state index in [-0.39, 0.29) is 16.8 Å². The maximum absolute atomic E-state index is 11.5. The molecule has 0 bridgehead atoms. The van der Waals surface area contributed by atoms with Gasteiger partial charge in [0.1, 0.15) is 5.69 Å². The number of aromatic carboxylic acids is 1. The van der Waals surface area contributed by atoms with Crippen molar-refractivity contribution in [3.8, 4) is 0 Å². The number of hydrogen-bond donors (Lipinski definition) is 2. The zero-order chi connectivity index (χ0) is 14.0. The average Bonchev–Trinajstić information content (AvgIpc) is 2.30. The van der Waals surface area contributed by atoms with E-state index in [1.165, 1.54) is 6.92 Å². The van der Waals surface area contributed by atoms with Crippen LogP contribution in [0.1, 0.15) is 26.3 Å². The maximum Gasteiger partial charge on any atom is 0.339 e. The summed E-state index contributed by atoms with van der Waals surface area (Å²) in [6.45, 7) is 1.32. The van der Waals surface area contributed by atoms with E-state index in [0.29, 0.717) is 0 Å². The third kappa shape index (κ3) is 2.08. The van der Waals surface area contributed by atoms with Crippen molar-refractivity contribution in [1.29, 1.82) is 0 Å². The molecule has 0 aliphatic rings. The quantitative estimate of drug-likeness (QED) is 0.355. The van der Waals surface area contributed by atoms with E-state index in [1.54, 1.807) is 0 Å². The zero-order valence-electron chi connectivity index (χ0n) is 9.59. The lowest BCUT2D eigenvalue weighted by Crippen LogP contribution is -2.15. The van der Waals surface area contributed by atoms with E-state index < -0.39 is 28.1 Å². The number of nitrogens with zero attached hydrogens (tertiary/aromatic N) is 1. The predicted octanol–water partition coefficient (Wildman–Crippen LogP) is 0.970. The molecule has 0 amide bonds. The van der Waals surface area contributed by atoms with Crippen LogP contribution in [0.25, 0.3) is 0 Å². The summed E-state index contributed by atoms with van der Waals surface area (Å²) in [6.07, 6.45) is 0. The molecule has 0 aliphatic heterocycles. The molecule has 0 atom stereocenters. The van der Waals surface area contributed by atoms with Gasteiger partial charge in [-0.1, -0.05) is 0 Å². The molecule has 0 unspecified atom stereocenters. The van der Waals surface area contributed by atoms with E-state index in [2.05, 4.69) is 4.74 Å². The smallest absolute Gasteiger partial charge is 0.339 e. The van der Waals surface area contributed by atoms with Crippen molar-refractivity contribution in [3.63, 3.8) is 0 Å². The number of esters is 1. The van der Waals surface area contributed by atoms with Crippen LogP contribution in [0.5, 0.6) is 0 Å². The van der Waals surface area contributed by atoms with Crippen molar-refractivity contribution in [2.45, 2.75) is 6.92 Å². The Morgan fingerprint density at radius 3 is 2.44 bits per heavy atom. The van der Waals surface area contributed by atoms with Gasteiger partial charge in [-0.15, -0.1) is 0 Å². The minimum absolute atomic E-state index is 0.00782. The largest absolute Gasteiger partial charge is 0.478 e. The Hall–Kier alpha value is -2.64. The molecule has 1 aromatic carbocycles. The van der Waals surface area contributed by atoms with Crippen molar-refractivity contribution in [2.24, 2.45) is 0 Å². The average molecular weight is 254 g/mol. The number of nitro benzene ring substituents is 1. The van der Waals surface area contributed by atoms with Gasteiger partial charge in [-0.05, 0) is 12.5 Å². The van der Waals surface area contributed by atoms with Gasteiger partial charge in [-0.3, -0.25) is 10.1 Å². The Kier molecular flexibility index (Phi) is 3.50. The van der Waals surface area contributed by atoms with Crippen LogP contribution < -0.4 is 5.73 Å². The van der Waals surface area contributed by atoms with Crippen molar-refractivity contribution in [2.75, 3.05) is 12.8 Å². The van der Waals surface area contributed by atoms with Crippen LogP contribution >= 0.6 is 0 Å². The van der Waals surface area contributed by atoms with Crippen LogP contribution in [-0.2, 0) is 4.74 Å². The first-order valence-electron chi connectivity index (χ1n) is 4.70. The number of carbonyl (C=O) groups is 2. The number of carbonyl (C=O) groups excluding carboxylic acids is 1.